The Kier molecular flexibility index (Phi) is 5.69. The second kappa shape index (κ2) is 7.83. The van der Waals surface area contributed by atoms with Gasteiger partial charge in [0.1, 0.15) is 5.75 Å². The first-order chi connectivity index (χ1) is 14.4. The predicted molar refractivity (Wildman–Crippen MR) is 109 cm³/mol. The van der Waals surface area contributed by atoms with Crippen LogP contribution in [0.5, 0.6) is 5.75 Å². The van der Waals surface area contributed by atoms with Crippen molar-refractivity contribution in [3.63, 3.8) is 0 Å². The number of para-hydroxylation sites is 1. The molecule has 5 nitrogen and oxygen atoms in total. The number of fused-ring (bicyclic) bond motifs is 1. The van der Waals surface area contributed by atoms with Gasteiger partial charge >= 0.3 is 12.1 Å². The lowest BCUT2D eigenvalue weighted by molar-refractivity contribution is -0.189. The SMILES string of the molecule is Cc1ccc2c(c1OC(=O)C(F)(F)F)C(=O)N(c1c(C(C)C)cccc1C(C)C)C2=O. The highest BCUT2D eigenvalue weighted by atomic mass is 19.4. The minimum Gasteiger partial charge on any atom is -0.419 e. The molecule has 0 aliphatic carbocycles. The van der Waals surface area contributed by atoms with E-state index in [2.05, 4.69) is 4.74 Å². The minimum atomic E-state index is -5.24. The van der Waals surface area contributed by atoms with Crippen molar-refractivity contribution in [2.24, 2.45) is 0 Å². The fourth-order valence-corrected chi connectivity index (χ4v) is 3.66. The molecule has 0 atom stereocenters. The second-order valence-electron chi connectivity index (χ2n) is 8.06. The number of aryl methyl sites for hydroxylation is 1. The fraction of sp³-hybridized carbons (Fsp3) is 0.348. The summed E-state index contributed by atoms with van der Waals surface area (Å²) < 4.78 is 42.9. The molecule has 0 saturated carbocycles. The third kappa shape index (κ3) is 3.82. The lowest BCUT2D eigenvalue weighted by Gasteiger charge is -2.25. The van der Waals surface area contributed by atoms with Crippen molar-refractivity contribution in [2.45, 2.75) is 52.6 Å². The zero-order valence-corrected chi connectivity index (χ0v) is 17.8. The van der Waals surface area contributed by atoms with Crippen LogP contribution in [0.15, 0.2) is 30.3 Å². The van der Waals surface area contributed by atoms with E-state index in [9.17, 15) is 27.6 Å². The molecule has 1 aliphatic heterocycles. The van der Waals surface area contributed by atoms with E-state index in [1.165, 1.54) is 19.1 Å². The van der Waals surface area contributed by atoms with Crippen LogP contribution in [0.3, 0.4) is 0 Å². The predicted octanol–water partition coefficient (Wildman–Crippen LogP) is 5.51. The normalized spacial score (nSPS) is 13.9. The van der Waals surface area contributed by atoms with Gasteiger partial charge in [-0.3, -0.25) is 9.59 Å². The number of benzene rings is 2. The van der Waals surface area contributed by atoms with Crippen molar-refractivity contribution in [3.8, 4) is 5.75 Å². The highest BCUT2D eigenvalue weighted by molar-refractivity contribution is 6.36. The second-order valence-corrected chi connectivity index (χ2v) is 8.06. The van der Waals surface area contributed by atoms with Gasteiger partial charge in [-0.2, -0.15) is 13.2 Å². The van der Waals surface area contributed by atoms with Crippen molar-refractivity contribution in [3.05, 3.63) is 58.1 Å². The average molecular weight is 433 g/mol. The molecule has 2 amide bonds. The summed E-state index contributed by atoms with van der Waals surface area (Å²) in [5.41, 5.74) is 1.63. The van der Waals surface area contributed by atoms with Gasteiger partial charge < -0.3 is 4.74 Å². The largest absolute Gasteiger partial charge is 0.491 e. The molecule has 0 radical (unpaired) electrons. The van der Waals surface area contributed by atoms with Crippen LogP contribution in [-0.4, -0.2) is 24.0 Å². The highest BCUT2D eigenvalue weighted by Gasteiger charge is 2.45. The number of ether oxygens (including phenoxy) is 1. The molecule has 3 rings (SSSR count). The molecule has 164 valence electrons. The monoisotopic (exact) mass is 433 g/mol. The maximum Gasteiger partial charge on any atom is 0.491 e. The summed E-state index contributed by atoms with van der Waals surface area (Å²) in [7, 11) is 0. The van der Waals surface area contributed by atoms with Gasteiger partial charge in [-0.15, -0.1) is 0 Å². The van der Waals surface area contributed by atoms with E-state index in [0.717, 1.165) is 16.0 Å². The van der Waals surface area contributed by atoms with Crippen LogP contribution in [0.1, 0.15) is 76.9 Å². The van der Waals surface area contributed by atoms with Crippen molar-refractivity contribution >= 4 is 23.5 Å². The van der Waals surface area contributed by atoms with E-state index in [1.807, 2.05) is 45.9 Å². The Balaban J connectivity index is 2.21. The molecule has 1 heterocycles. The molecule has 8 heteroatoms. The topological polar surface area (TPSA) is 63.7 Å². The van der Waals surface area contributed by atoms with Crippen LogP contribution in [-0.2, 0) is 4.79 Å². The Bertz CT molecular complexity index is 1060. The third-order valence-electron chi connectivity index (χ3n) is 5.20. The fourth-order valence-electron chi connectivity index (χ4n) is 3.66. The molecule has 2 aromatic rings. The molecule has 1 aliphatic rings. The minimum absolute atomic E-state index is 0.0257. The zero-order chi connectivity index (χ0) is 23.2. The molecule has 0 spiro atoms. The molecule has 0 fully saturated rings. The number of anilines is 1. The number of amides is 2. The number of hydrogen-bond donors (Lipinski definition) is 0. The standard InChI is InChI=1S/C23H22F3NO4/c1-11(2)14-7-6-8-15(12(3)4)18(14)27-20(28)16-10-9-13(5)19(17(16)21(27)29)31-22(30)23(24,25)26/h6-12H,1-5H3. The van der Waals surface area contributed by atoms with Gasteiger partial charge in [-0.1, -0.05) is 52.0 Å². The Labute approximate surface area is 177 Å². The maximum absolute atomic E-state index is 13.4. The molecule has 2 aromatic carbocycles. The first kappa shape index (κ1) is 22.5. The first-order valence-corrected chi connectivity index (χ1v) is 9.80. The number of esters is 1. The van der Waals surface area contributed by atoms with Gasteiger partial charge in [-0.25, -0.2) is 9.69 Å². The number of nitrogens with zero attached hydrogens (tertiary/aromatic N) is 1. The van der Waals surface area contributed by atoms with Gasteiger partial charge in [0, 0.05) is 0 Å². The van der Waals surface area contributed by atoms with Gasteiger partial charge in [0.2, 0.25) is 0 Å². The first-order valence-electron chi connectivity index (χ1n) is 9.80. The van der Waals surface area contributed by atoms with Crippen LogP contribution in [0.2, 0.25) is 0 Å². The summed E-state index contributed by atoms with van der Waals surface area (Å²) in [6, 6.07) is 8.18. The summed E-state index contributed by atoms with van der Waals surface area (Å²) in [6.45, 7) is 9.08. The van der Waals surface area contributed by atoms with Crippen LogP contribution in [0.4, 0.5) is 18.9 Å². The van der Waals surface area contributed by atoms with Crippen LogP contribution in [0, 0.1) is 6.92 Å². The molecule has 0 bridgehead atoms. The van der Waals surface area contributed by atoms with E-state index in [-0.39, 0.29) is 28.5 Å². The van der Waals surface area contributed by atoms with Crippen molar-refractivity contribution in [1.82, 2.24) is 0 Å². The number of halogens is 3. The van der Waals surface area contributed by atoms with E-state index < -0.39 is 29.7 Å². The van der Waals surface area contributed by atoms with Gasteiger partial charge in [0.15, 0.2) is 0 Å². The molecule has 0 unspecified atom stereocenters. The molecule has 0 aromatic heterocycles. The molecular weight excluding hydrogens is 411 g/mol. The summed E-state index contributed by atoms with van der Waals surface area (Å²) in [5.74, 6) is -4.53. The number of carbonyl (C=O) groups is 3. The Morgan fingerprint density at radius 2 is 1.48 bits per heavy atom. The number of carbonyl (C=O) groups excluding carboxylic acids is 3. The molecule has 0 N–H and O–H groups in total. The number of imide groups is 1. The summed E-state index contributed by atoms with van der Waals surface area (Å²) in [5, 5.41) is 0. The Morgan fingerprint density at radius 3 is 1.97 bits per heavy atom. The summed E-state index contributed by atoms with van der Waals surface area (Å²) >= 11 is 0. The van der Waals surface area contributed by atoms with Gasteiger partial charge in [0.05, 0.1) is 16.8 Å². The highest BCUT2D eigenvalue weighted by Crippen LogP contribution is 2.42. The third-order valence-corrected chi connectivity index (χ3v) is 5.20. The van der Waals surface area contributed by atoms with Crippen LogP contribution >= 0.6 is 0 Å². The summed E-state index contributed by atoms with van der Waals surface area (Å²) in [4.78, 5) is 39.1. The van der Waals surface area contributed by atoms with E-state index in [0.29, 0.717) is 5.69 Å². The number of rotatable bonds is 4. The smallest absolute Gasteiger partial charge is 0.419 e. The Morgan fingerprint density at radius 1 is 0.935 bits per heavy atom. The molecule has 31 heavy (non-hydrogen) atoms. The average Bonchev–Trinajstić information content (AvgIpc) is 2.92. The number of hydrogen-bond acceptors (Lipinski definition) is 4. The van der Waals surface area contributed by atoms with E-state index in [1.54, 1.807) is 0 Å². The van der Waals surface area contributed by atoms with Gasteiger partial charge in [-0.05, 0) is 41.5 Å². The maximum atomic E-state index is 13.4. The molecular formula is C23H22F3NO4. The Hall–Kier alpha value is -3.16. The molecule has 0 saturated heterocycles. The quantitative estimate of drug-likeness (QED) is 0.362. The van der Waals surface area contributed by atoms with E-state index >= 15 is 0 Å². The van der Waals surface area contributed by atoms with Crippen molar-refractivity contribution < 1.29 is 32.3 Å². The van der Waals surface area contributed by atoms with E-state index in [4.69, 9.17) is 0 Å². The zero-order valence-electron chi connectivity index (χ0n) is 17.8. The lowest BCUT2D eigenvalue weighted by atomic mass is 9.92. The summed E-state index contributed by atoms with van der Waals surface area (Å²) in [6.07, 6.45) is -5.24. The van der Waals surface area contributed by atoms with Crippen molar-refractivity contribution in [2.75, 3.05) is 4.90 Å². The van der Waals surface area contributed by atoms with Gasteiger partial charge in [0.25, 0.3) is 11.8 Å². The lowest BCUT2D eigenvalue weighted by Crippen LogP contribution is -2.32. The van der Waals surface area contributed by atoms with Crippen LogP contribution < -0.4 is 9.64 Å². The van der Waals surface area contributed by atoms with Crippen molar-refractivity contribution in [1.29, 1.82) is 0 Å². The number of alkyl halides is 3. The van der Waals surface area contributed by atoms with Crippen LogP contribution in [0.25, 0.3) is 0 Å².